The summed E-state index contributed by atoms with van der Waals surface area (Å²) in [6, 6.07) is 4.52. The molecule has 0 N–H and O–H groups in total. The normalized spacial score (nSPS) is 17.0. The monoisotopic (exact) mass is 317 g/mol. The van der Waals surface area contributed by atoms with E-state index in [9.17, 15) is 0 Å². The molecule has 0 amide bonds. The fourth-order valence-corrected chi connectivity index (χ4v) is 3.27. The lowest BCUT2D eigenvalue weighted by Crippen LogP contribution is -2.43. The zero-order valence-electron chi connectivity index (χ0n) is 14.4. The maximum atomic E-state index is 5.55. The smallest absolute Gasteiger partial charge is 0.207 e. The topological polar surface area (TPSA) is 46.4 Å². The number of pyridine rings is 1. The van der Waals surface area contributed by atoms with Gasteiger partial charge in [0.15, 0.2) is 5.65 Å². The molecule has 0 saturated carbocycles. The standard InChI is InChI=1S/C17H27N5O/c1-4-23-13-12-22-16-15(6-5-9-18-16)19-17(22)21(3)14-7-10-20(2)11-8-14/h5-6,9,14H,4,7-8,10-13H2,1-3H3. The number of hydrogen-bond acceptors (Lipinski definition) is 5. The van der Waals surface area contributed by atoms with Crippen LogP contribution in [0.5, 0.6) is 0 Å². The SMILES string of the molecule is CCOCCn1c(N(C)C2CCN(C)CC2)nc2cccnc21. The second-order valence-electron chi connectivity index (χ2n) is 6.25. The molecule has 0 aliphatic carbocycles. The van der Waals surface area contributed by atoms with Crippen molar-refractivity contribution < 1.29 is 4.74 Å². The summed E-state index contributed by atoms with van der Waals surface area (Å²) in [4.78, 5) is 14.1. The minimum absolute atomic E-state index is 0.536. The lowest BCUT2D eigenvalue weighted by Gasteiger charge is -2.35. The third kappa shape index (κ3) is 3.48. The van der Waals surface area contributed by atoms with Gasteiger partial charge in [0, 0.05) is 25.9 Å². The number of imidazole rings is 1. The molecule has 3 rings (SSSR count). The number of rotatable bonds is 6. The van der Waals surface area contributed by atoms with Gasteiger partial charge in [0.25, 0.3) is 0 Å². The first-order chi connectivity index (χ1) is 11.2. The molecule has 0 radical (unpaired) electrons. The number of likely N-dealkylation sites (tertiary alicyclic amines) is 1. The third-order valence-electron chi connectivity index (χ3n) is 4.70. The fourth-order valence-electron chi connectivity index (χ4n) is 3.27. The molecular formula is C17H27N5O. The van der Waals surface area contributed by atoms with E-state index in [1.54, 1.807) is 0 Å². The van der Waals surface area contributed by atoms with E-state index in [0.717, 1.165) is 43.4 Å². The third-order valence-corrected chi connectivity index (χ3v) is 4.70. The number of anilines is 1. The van der Waals surface area contributed by atoms with Gasteiger partial charge in [-0.25, -0.2) is 9.97 Å². The molecule has 0 spiro atoms. The van der Waals surface area contributed by atoms with Crippen LogP contribution >= 0.6 is 0 Å². The first kappa shape index (κ1) is 16.2. The number of piperidine rings is 1. The van der Waals surface area contributed by atoms with E-state index < -0.39 is 0 Å². The molecule has 1 fully saturated rings. The van der Waals surface area contributed by atoms with Crippen LogP contribution in [0.15, 0.2) is 18.3 Å². The molecule has 2 aromatic rings. The van der Waals surface area contributed by atoms with Crippen molar-refractivity contribution in [1.82, 2.24) is 19.4 Å². The van der Waals surface area contributed by atoms with Gasteiger partial charge in [0.05, 0.1) is 13.2 Å². The van der Waals surface area contributed by atoms with Gasteiger partial charge in [-0.3, -0.25) is 4.57 Å². The fraction of sp³-hybridized carbons (Fsp3) is 0.647. The molecule has 6 heteroatoms. The van der Waals surface area contributed by atoms with Crippen molar-refractivity contribution in [2.75, 3.05) is 45.3 Å². The van der Waals surface area contributed by atoms with Crippen LogP contribution in [0.3, 0.4) is 0 Å². The highest BCUT2D eigenvalue weighted by Gasteiger charge is 2.24. The van der Waals surface area contributed by atoms with Crippen LogP contribution in [-0.4, -0.2) is 65.9 Å². The van der Waals surface area contributed by atoms with E-state index in [-0.39, 0.29) is 0 Å². The Kier molecular flexibility index (Phi) is 5.13. The van der Waals surface area contributed by atoms with Crippen molar-refractivity contribution in [3.8, 4) is 0 Å². The van der Waals surface area contributed by atoms with E-state index in [2.05, 4.69) is 33.4 Å². The van der Waals surface area contributed by atoms with Crippen LogP contribution in [0.4, 0.5) is 5.95 Å². The quantitative estimate of drug-likeness (QED) is 0.763. The average Bonchev–Trinajstić information content (AvgIpc) is 2.94. The zero-order valence-corrected chi connectivity index (χ0v) is 14.4. The Hall–Kier alpha value is -1.66. The van der Waals surface area contributed by atoms with Crippen molar-refractivity contribution in [2.45, 2.75) is 32.4 Å². The number of ether oxygens (including phenoxy) is 1. The van der Waals surface area contributed by atoms with Gasteiger partial charge in [-0.05, 0) is 52.0 Å². The van der Waals surface area contributed by atoms with Crippen LogP contribution < -0.4 is 4.90 Å². The summed E-state index contributed by atoms with van der Waals surface area (Å²) in [5.74, 6) is 1.01. The second-order valence-corrected chi connectivity index (χ2v) is 6.25. The number of hydrogen-bond donors (Lipinski definition) is 0. The predicted molar refractivity (Wildman–Crippen MR) is 92.9 cm³/mol. The number of fused-ring (bicyclic) bond motifs is 1. The van der Waals surface area contributed by atoms with Crippen molar-refractivity contribution >= 4 is 17.1 Å². The molecule has 1 aliphatic rings. The summed E-state index contributed by atoms with van der Waals surface area (Å²) in [5, 5.41) is 0. The van der Waals surface area contributed by atoms with Crippen LogP contribution in [0, 0.1) is 0 Å². The number of aromatic nitrogens is 3. The van der Waals surface area contributed by atoms with Gasteiger partial charge >= 0.3 is 0 Å². The molecule has 3 heterocycles. The lowest BCUT2D eigenvalue weighted by molar-refractivity contribution is 0.139. The van der Waals surface area contributed by atoms with Crippen molar-refractivity contribution in [3.05, 3.63) is 18.3 Å². The first-order valence-electron chi connectivity index (χ1n) is 8.51. The zero-order chi connectivity index (χ0) is 16.2. The van der Waals surface area contributed by atoms with Crippen molar-refractivity contribution in [3.63, 3.8) is 0 Å². The van der Waals surface area contributed by atoms with Gasteiger partial charge in [-0.15, -0.1) is 0 Å². The Balaban J connectivity index is 1.87. The Labute approximate surface area is 138 Å². The predicted octanol–water partition coefficient (Wildman–Crippen LogP) is 2.00. The van der Waals surface area contributed by atoms with E-state index in [4.69, 9.17) is 9.72 Å². The molecule has 0 aromatic carbocycles. The maximum Gasteiger partial charge on any atom is 0.207 e. The molecular weight excluding hydrogens is 290 g/mol. The largest absolute Gasteiger partial charge is 0.380 e. The Morgan fingerprint density at radius 1 is 1.35 bits per heavy atom. The van der Waals surface area contributed by atoms with Crippen molar-refractivity contribution in [2.24, 2.45) is 0 Å². The summed E-state index contributed by atoms with van der Waals surface area (Å²) < 4.78 is 7.75. The van der Waals surface area contributed by atoms with E-state index in [1.807, 2.05) is 25.3 Å². The summed E-state index contributed by atoms with van der Waals surface area (Å²) in [6.07, 6.45) is 4.19. The Morgan fingerprint density at radius 3 is 2.87 bits per heavy atom. The molecule has 1 aliphatic heterocycles. The van der Waals surface area contributed by atoms with Gasteiger partial charge in [-0.1, -0.05) is 0 Å². The van der Waals surface area contributed by atoms with Gasteiger partial charge < -0.3 is 14.5 Å². The minimum atomic E-state index is 0.536. The van der Waals surface area contributed by atoms with E-state index in [1.165, 1.54) is 12.8 Å². The van der Waals surface area contributed by atoms with Gasteiger partial charge in [-0.2, -0.15) is 0 Å². The minimum Gasteiger partial charge on any atom is -0.380 e. The second kappa shape index (κ2) is 7.27. The number of nitrogens with zero attached hydrogens (tertiary/aromatic N) is 5. The lowest BCUT2D eigenvalue weighted by atomic mass is 10.0. The molecule has 23 heavy (non-hydrogen) atoms. The Morgan fingerprint density at radius 2 is 2.13 bits per heavy atom. The van der Waals surface area contributed by atoms with E-state index in [0.29, 0.717) is 12.6 Å². The van der Waals surface area contributed by atoms with Crippen LogP contribution in [0.1, 0.15) is 19.8 Å². The van der Waals surface area contributed by atoms with Crippen LogP contribution in [0.2, 0.25) is 0 Å². The summed E-state index contributed by atoms with van der Waals surface area (Å²) in [5.41, 5.74) is 1.90. The highest BCUT2D eigenvalue weighted by molar-refractivity contribution is 5.74. The van der Waals surface area contributed by atoms with Crippen LogP contribution in [-0.2, 0) is 11.3 Å². The first-order valence-corrected chi connectivity index (χ1v) is 8.51. The molecule has 0 atom stereocenters. The van der Waals surface area contributed by atoms with Crippen LogP contribution in [0.25, 0.3) is 11.2 Å². The van der Waals surface area contributed by atoms with E-state index >= 15 is 0 Å². The molecule has 0 bridgehead atoms. The average molecular weight is 317 g/mol. The molecule has 126 valence electrons. The summed E-state index contributed by atoms with van der Waals surface area (Å²) >= 11 is 0. The van der Waals surface area contributed by atoms with Gasteiger partial charge in [0.1, 0.15) is 5.52 Å². The maximum absolute atomic E-state index is 5.55. The van der Waals surface area contributed by atoms with Crippen molar-refractivity contribution in [1.29, 1.82) is 0 Å². The molecule has 2 aromatic heterocycles. The summed E-state index contributed by atoms with van der Waals surface area (Å²) in [6.45, 7) is 6.52. The Bertz CT molecular complexity index is 633. The molecule has 1 saturated heterocycles. The summed E-state index contributed by atoms with van der Waals surface area (Å²) in [7, 11) is 4.35. The molecule has 6 nitrogen and oxygen atoms in total. The molecule has 0 unspecified atom stereocenters. The highest BCUT2D eigenvalue weighted by Crippen LogP contribution is 2.25. The van der Waals surface area contributed by atoms with Gasteiger partial charge in [0.2, 0.25) is 5.95 Å². The highest BCUT2D eigenvalue weighted by atomic mass is 16.5.